The second-order valence-electron chi connectivity index (χ2n) is 6.09. The topological polar surface area (TPSA) is 81.7 Å². The Balaban J connectivity index is 1.78. The molecule has 2 aromatic rings. The van der Waals surface area contributed by atoms with Crippen molar-refractivity contribution in [3.8, 4) is 5.75 Å². The second kappa shape index (κ2) is 8.06. The minimum absolute atomic E-state index is 0.0237. The SMILES string of the molecule is COc1ccc(C(=O)OCc2ccc(Cl)c(Cl)c2)cc1S(=O)(=O)NC1CC1. The molecule has 0 heterocycles. The summed E-state index contributed by atoms with van der Waals surface area (Å²) in [6, 6.07) is 8.95. The first-order valence-corrected chi connectivity index (χ1v) is 10.4. The molecule has 0 amide bonds. The first-order valence-electron chi connectivity index (χ1n) is 8.11. The first kappa shape index (κ1) is 19.9. The smallest absolute Gasteiger partial charge is 0.338 e. The van der Waals surface area contributed by atoms with E-state index in [2.05, 4.69) is 4.72 Å². The Bertz CT molecular complexity index is 974. The van der Waals surface area contributed by atoms with E-state index in [1.165, 1.54) is 25.3 Å². The van der Waals surface area contributed by atoms with Crippen molar-refractivity contribution in [2.75, 3.05) is 7.11 Å². The Labute approximate surface area is 167 Å². The van der Waals surface area contributed by atoms with E-state index >= 15 is 0 Å². The van der Waals surface area contributed by atoms with Gasteiger partial charge in [-0.2, -0.15) is 0 Å². The van der Waals surface area contributed by atoms with Crippen molar-refractivity contribution in [1.29, 1.82) is 0 Å². The highest BCUT2D eigenvalue weighted by Gasteiger charge is 2.30. The summed E-state index contributed by atoms with van der Waals surface area (Å²) in [5.74, 6) is -0.504. The van der Waals surface area contributed by atoms with Crippen molar-refractivity contribution < 1.29 is 22.7 Å². The number of hydrogen-bond acceptors (Lipinski definition) is 5. The zero-order valence-corrected chi connectivity index (χ0v) is 16.7. The number of methoxy groups -OCH3 is 1. The quantitative estimate of drug-likeness (QED) is 0.676. The third-order valence-electron chi connectivity index (χ3n) is 3.94. The summed E-state index contributed by atoms with van der Waals surface area (Å²) < 4.78 is 38.0. The highest BCUT2D eigenvalue weighted by molar-refractivity contribution is 7.89. The number of hydrogen-bond donors (Lipinski definition) is 1. The molecule has 0 spiro atoms. The predicted octanol–water partition coefficient (Wildman–Crippen LogP) is 3.80. The van der Waals surface area contributed by atoms with Gasteiger partial charge in [0.05, 0.1) is 22.7 Å². The van der Waals surface area contributed by atoms with Crippen molar-refractivity contribution in [2.45, 2.75) is 30.4 Å². The number of ether oxygens (including phenoxy) is 2. The van der Waals surface area contributed by atoms with Gasteiger partial charge in [0.1, 0.15) is 17.3 Å². The van der Waals surface area contributed by atoms with Gasteiger partial charge in [0.25, 0.3) is 0 Å². The molecule has 0 radical (unpaired) electrons. The largest absolute Gasteiger partial charge is 0.495 e. The van der Waals surface area contributed by atoms with E-state index < -0.39 is 16.0 Å². The molecule has 144 valence electrons. The Kier molecular flexibility index (Phi) is 5.95. The van der Waals surface area contributed by atoms with Gasteiger partial charge in [-0.25, -0.2) is 17.9 Å². The Hall–Kier alpha value is -1.80. The summed E-state index contributed by atoms with van der Waals surface area (Å²) in [4.78, 5) is 12.2. The standard InChI is InChI=1S/C18H17Cl2NO5S/c1-25-16-7-3-12(9-17(16)27(23,24)21-13-4-5-13)18(22)26-10-11-2-6-14(19)15(20)8-11/h2-3,6-9,13,21H,4-5,10H2,1H3. The van der Waals surface area contributed by atoms with Crippen LogP contribution in [0.4, 0.5) is 0 Å². The van der Waals surface area contributed by atoms with Gasteiger partial charge < -0.3 is 9.47 Å². The molecule has 2 aromatic carbocycles. The maximum absolute atomic E-state index is 12.5. The molecule has 27 heavy (non-hydrogen) atoms. The van der Waals surface area contributed by atoms with Gasteiger partial charge in [-0.3, -0.25) is 0 Å². The lowest BCUT2D eigenvalue weighted by atomic mass is 10.2. The molecule has 3 rings (SSSR count). The van der Waals surface area contributed by atoms with E-state index in [1.807, 2.05) is 0 Å². The lowest BCUT2D eigenvalue weighted by Gasteiger charge is -2.12. The van der Waals surface area contributed by atoms with Crippen LogP contribution < -0.4 is 9.46 Å². The van der Waals surface area contributed by atoms with Crippen molar-refractivity contribution in [3.63, 3.8) is 0 Å². The monoisotopic (exact) mass is 429 g/mol. The van der Waals surface area contributed by atoms with Crippen LogP contribution in [-0.4, -0.2) is 27.5 Å². The summed E-state index contributed by atoms with van der Waals surface area (Å²) in [6.07, 6.45) is 1.60. The zero-order chi connectivity index (χ0) is 19.6. The van der Waals surface area contributed by atoms with Gasteiger partial charge in [-0.05, 0) is 48.7 Å². The van der Waals surface area contributed by atoms with Crippen molar-refractivity contribution in [2.24, 2.45) is 0 Å². The number of sulfonamides is 1. The number of carbonyl (C=O) groups is 1. The Morgan fingerprint density at radius 2 is 1.89 bits per heavy atom. The summed E-state index contributed by atoms with van der Waals surface area (Å²) in [5.41, 5.74) is 0.765. The van der Waals surface area contributed by atoms with Crippen LogP contribution >= 0.6 is 23.2 Å². The van der Waals surface area contributed by atoms with Crippen LogP contribution in [0.15, 0.2) is 41.3 Å². The van der Waals surface area contributed by atoms with E-state index in [1.54, 1.807) is 18.2 Å². The molecule has 0 unspecified atom stereocenters. The van der Waals surface area contributed by atoms with E-state index in [-0.39, 0.29) is 28.9 Å². The molecule has 1 aliphatic rings. The minimum Gasteiger partial charge on any atom is -0.495 e. The van der Waals surface area contributed by atoms with Crippen LogP contribution in [0.1, 0.15) is 28.8 Å². The fraction of sp³-hybridized carbons (Fsp3) is 0.278. The van der Waals surface area contributed by atoms with Gasteiger partial charge in [0.15, 0.2) is 0 Å². The lowest BCUT2D eigenvalue weighted by Crippen LogP contribution is -2.26. The number of carbonyl (C=O) groups excluding carboxylic acids is 1. The van der Waals surface area contributed by atoms with Gasteiger partial charge in [-0.15, -0.1) is 0 Å². The van der Waals surface area contributed by atoms with Crippen molar-refractivity contribution >= 4 is 39.2 Å². The molecule has 0 atom stereocenters. The van der Waals surface area contributed by atoms with E-state index in [4.69, 9.17) is 32.7 Å². The average molecular weight is 430 g/mol. The fourth-order valence-electron chi connectivity index (χ4n) is 2.36. The Morgan fingerprint density at radius 1 is 1.15 bits per heavy atom. The molecule has 0 saturated heterocycles. The van der Waals surface area contributed by atoms with E-state index in [0.29, 0.717) is 15.6 Å². The molecule has 1 saturated carbocycles. The summed E-state index contributed by atoms with van der Waals surface area (Å²) >= 11 is 11.8. The Morgan fingerprint density at radius 3 is 2.52 bits per heavy atom. The lowest BCUT2D eigenvalue weighted by molar-refractivity contribution is 0.0472. The predicted molar refractivity (Wildman–Crippen MR) is 102 cm³/mol. The molecule has 9 heteroatoms. The van der Waals surface area contributed by atoms with Crippen LogP contribution in [-0.2, 0) is 21.4 Å². The molecular formula is C18H17Cl2NO5S. The number of nitrogens with one attached hydrogen (secondary N) is 1. The van der Waals surface area contributed by atoms with Crippen LogP contribution in [0, 0.1) is 0 Å². The highest BCUT2D eigenvalue weighted by Crippen LogP contribution is 2.29. The third-order valence-corrected chi connectivity index (χ3v) is 6.22. The van der Waals surface area contributed by atoms with Crippen molar-refractivity contribution in [1.82, 2.24) is 4.72 Å². The maximum Gasteiger partial charge on any atom is 0.338 e. The molecule has 1 N–H and O–H groups in total. The number of esters is 1. The van der Waals surface area contributed by atoms with Gasteiger partial charge in [0.2, 0.25) is 10.0 Å². The fourth-order valence-corrected chi connectivity index (χ4v) is 4.18. The molecule has 1 aliphatic carbocycles. The number of rotatable bonds is 7. The van der Waals surface area contributed by atoms with Crippen LogP contribution in [0.25, 0.3) is 0 Å². The zero-order valence-electron chi connectivity index (χ0n) is 14.4. The third kappa shape index (κ3) is 4.93. The van der Waals surface area contributed by atoms with Gasteiger partial charge in [0, 0.05) is 6.04 Å². The first-order chi connectivity index (χ1) is 12.8. The summed E-state index contributed by atoms with van der Waals surface area (Å²) in [5, 5.41) is 0.758. The second-order valence-corrected chi connectivity index (χ2v) is 8.58. The molecule has 0 aromatic heterocycles. The molecule has 6 nitrogen and oxygen atoms in total. The molecule has 0 aliphatic heterocycles. The maximum atomic E-state index is 12.5. The molecular weight excluding hydrogens is 413 g/mol. The average Bonchev–Trinajstić information content (AvgIpc) is 3.45. The van der Waals surface area contributed by atoms with Crippen LogP contribution in [0.5, 0.6) is 5.75 Å². The van der Waals surface area contributed by atoms with Crippen LogP contribution in [0.2, 0.25) is 10.0 Å². The van der Waals surface area contributed by atoms with E-state index in [0.717, 1.165) is 12.8 Å². The van der Waals surface area contributed by atoms with E-state index in [9.17, 15) is 13.2 Å². The molecule has 1 fully saturated rings. The van der Waals surface area contributed by atoms with Gasteiger partial charge >= 0.3 is 5.97 Å². The van der Waals surface area contributed by atoms with Crippen molar-refractivity contribution in [3.05, 3.63) is 57.6 Å². The normalized spacial score (nSPS) is 14.0. The molecule has 0 bridgehead atoms. The summed E-state index contributed by atoms with van der Waals surface area (Å²) in [6.45, 7) is -0.0237. The minimum atomic E-state index is -3.79. The summed E-state index contributed by atoms with van der Waals surface area (Å²) in [7, 11) is -2.42. The highest BCUT2D eigenvalue weighted by atomic mass is 35.5. The van der Waals surface area contributed by atoms with Gasteiger partial charge in [-0.1, -0.05) is 29.3 Å². The van der Waals surface area contributed by atoms with Crippen LogP contribution in [0.3, 0.4) is 0 Å². The number of benzene rings is 2. The number of halogens is 2.